The normalized spacial score (nSPS) is 19.7. The first-order valence-electron chi connectivity index (χ1n) is 12.2. The lowest BCUT2D eigenvalue weighted by Gasteiger charge is -2.39. The van der Waals surface area contributed by atoms with E-state index in [4.69, 9.17) is 9.47 Å². The summed E-state index contributed by atoms with van der Waals surface area (Å²) in [5, 5.41) is 0. The molecule has 0 bridgehead atoms. The Bertz CT molecular complexity index is 1230. The number of aromatic nitrogens is 1. The van der Waals surface area contributed by atoms with Crippen LogP contribution in [-0.4, -0.2) is 36.6 Å². The van der Waals surface area contributed by atoms with E-state index in [9.17, 15) is 0 Å². The van der Waals surface area contributed by atoms with Crippen LogP contribution >= 0.6 is 11.8 Å². The minimum Gasteiger partial charge on any atom is -0.497 e. The maximum absolute atomic E-state index is 6.11. The van der Waals surface area contributed by atoms with Crippen molar-refractivity contribution in [3.63, 3.8) is 0 Å². The van der Waals surface area contributed by atoms with Crippen LogP contribution in [0.1, 0.15) is 47.2 Å². The minimum atomic E-state index is 0.338. The number of methoxy groups -OCH3 is 1. The van der Waals surface area contributed by atoms with Crippen LogP contribution in [0, 0.1) is 0 Å². The predicted octanol–water partition coefficient (Wildman–Crippen LogP) is 6.04. The van der Waals surface area contributed by atoms with Gasteiger partial charge in [0.2, 0.25) is 0 Å². The Labute approximate surface area is 206 Å². The molecule has 4 heterocycles. The van der Waals surface area contributed by atoms with Crippen LogP contribution in [0.25, 0.3) is 5.57 Å². The van der Waals surface area contributed by atoms with Crippen LogP contribution in [0.4, 0.5) is 0 Å². The molecule has 0 N–H and O–H groups in total. The van der Waals surface area contributed by atoms with Gasteiger partial charge in [-0.2, -0.15) is 0 Å². The van der Waals surface area contributed by atoms with Crippen molar-refractivity contribution in [1.29, 1.82) is 0 Å². The summed E-state index contributed by atoms with van der Waals surface area (Å²) in [6, 6.07) is 19.3. The molecule has 1 saturated heterocycles. The van der Waals surface area contributed by atoms with E-state index in [1.54, 1.807) is 18.2 Å². The molecule has 174 valence electrons. The summed E-state index contributed by atoms with van der Waals surface area (Å²) in [7, 11) is 1.71. The highest BCUT2D eigenvalue weighted by atomic mass is 32.2. The lowest BCUT2D eigenvalue weighted by Crippen LogP contribution is -2.40. The standard InChI is InChI=1S/C29H30N2O2S/c1-32-22-10-11-28-25(18-22)23(24-7-4-14-30-27(24)19-33-28)8-5-15-31-16-12-29(13-17-31)26-9-3-2-6-21(26)20-34-29/h2-4,6-11,14,18H,5,12-13,15-17,19-20H2,1H3/b23-8+. The topological polar surface area (TPSA) is 34.6 Å². The molecule has 0 atom stereocenters. The Balaban J connectivity index is 1.20. The third-order valence-electron chi connectivity index (χ3n) is 7.49. The Morgan fingerprint density at radius 2 is 1.97 bits per heavy atom. The summed E-state index contributed by atoms with van der Waals surface area (Å²) in [5.74, 6) is 2.90. The molecule has 34 heavy (non-hydrogen) atoms. The number of piperidine rings is 1. The summed E-state index contributed by atoms with van der Waals surface area (Å²) < 4.78 is 12.0. The van der Waals surface area contributed by atoms with Crippen molar-refractivity contribution in [2.45, 2.75) is 36.4 Å². The summed E-state index contributed by atoms with van der Waals surface area (Å²) >= 11 is 2.16. The maximum Gasteiger partial charge on any atom is 0.131 e. The average molecular weight is 471 g/mol. The monoisotopic (exact) mass is 470 g/mol. The molecule has 1 fully saturated rings. The number of hydrogen-bond acceptors (Lipinski definition) is 5. The van der Waals surface area contributed by atoms with Crippen molar-refractivity contribution in [2.24, 2.45) is 0 Å². The molecule has 0 amide bonds. The van der Waals surface area contributed by atoms with Crippen molar-refractivity contribution in [2.75, 3.05) is 26.7 Å². The first kappa shape index (κ1) is 21.8. The molecule has 0 unspecified atom stereocenters. The van der Waals surface area contributed by atoms with Crippen LogP contribution in [-0.2, 0) is 17.1 Å². The van der Waals surface area contributed by atoms with E-state index in [0.29, 0.717) is 11.4 Å². The molecular formula is C29H30N2O2S. The van der Waals surface area contributed by atoms with Gasteiger partial charge in [0.05, 0.1) is 12.8 Å². The van der Waals surface area contributed by atoms with Gasteiger partial charge in [-0.3, -0.25) is 4.98 Å². The number of likely N-dealkylation sites (tertiary alicyclic amines) is 1. The largest absolute Gasteiger partial charge is 0.497 e. The molecule has 0 saturated carbocycles. The van der Waals surface area contributed by atoms with Gasteiger partial charge in [-0.1, -0.05) is 36.4 Å². The van der Waals surface area contributed by atoms with Gasteiger partial charge in [-0.15, -0.1) is 11.8 Å². The predicted molar refractivity (Wildman–Crippen MR) is 138 cm³/mol. The van der Waals surface area contributed by atoms with Crippen LogP contribution in [0.5, 0.6) is 11.5 Å². The first-order valence-corrected chi connectivity index (χ1v) is 13.1. The second kappa shape index (κ2) is 9.12. The molecule has 2 aromatic carbocycles. The van der Waals surface area contributed by atoms with Gasteiger partial charge in [-0.25, -0.2) is 0 Å². The van der Waals surface area contributed by atoms with E-state index in [1.165, 1.54) is 24.2 Å². The average Bonchev–Trinajstić information content (AvgIpc) is 3.16. The van der Waals surface area contributed by atoms with Gasteiger partial charge in [0.25, 0.3) is 0 Å². The fourth-order valence-corrected chi connectivity index (χ4v) is 7.12. The first-order chi connectivity index (χ1) is 16.8. The van der Waals surface area contributed by atoms with E-state index in [1.807, 2.05) is 24.4 Å². The van der Waals surface area contributed by atoms with Crippen LogP contribution in [0.2, 0.25) is 0 Å². The number of nitrogens with zero attached hydrogens (tertiary/aromatic N) is 2. The molecule has 0 aliphatic carbocycles. The van der Waals surface area contributed by atoms with Gasteiger partial charge < -0.3 is 14.4 Å². The molecule has 5 heteroatoms. The molecule has 3 aliphatic heterocycles. The molecule has 4 nitrogen and oxygen atoms in total. The molecule has 3 aliphatic rings. The zero-order chi connectivity index (χ0) is 23.0. The summed E-state index contributed by atoms with van der Waals surface area (Å²) in [5.41, 5.74) is 7.57. The summed E-state index contributed by atoms with van der Waals surface area (Å²) in [6.45, 7) is 3.88. The number of benzene rings is 2. The van der Waals surface area contributed by atoms with Crippen molar-refractivity contribution in [3.8, 4) is 11.5 Å². The van der Waals surface area contributed by atoms with Crippen LogP contribution < -0.4 is 9.47 Å². The lowest BCUT2D eigenvalue weighted by molar-refractivity contribution is 0.204. The fourth-order valence-electron chi connectivity index (χ4n) is 5.61. The van der Waals surface area contributed by atoms with E-state index in [2.05, 4.69) is 64.1 Å². The maximum atomic E-state index is 6.11. The number of pyridine rings is 1. The van der Waals surface area contributed by atoms with Crippen LogP contribution in [0.3, 0.4) is 0 Å². The number of fused-ring (bicyclic) bond motifs is 4. The van der Waals surface area contributed by atoms with Crippen molar-refractivity contribution >= 4 is 17.3 Å². The highest BCUT2D eigenvalue weighted by Gasteiger charge is 2.41. The Morgan fingerprint density at radius 1 is 1.09 bits per heavy atom. The van der Waals surface area contributed by atoms with E-state index in [0.717, 1.165) is 54.4 Å². The van der Waals surface area contributed by atoms with E-state index < -0.39 is 0 Å². The van der Waals surface area contributed by atoms with Crippen molar-refractivity contribution in [3.05, 3.63) is 94.8 Å². The Hall–Kier alpha value is -2.76. The smallest absolute Gasteiger partial charge is 0.131 e. The number of rotatable bonds is 4. The van der Waals surface area contributed by atoms with Gasteiger partial charge in [0, 0.05) is 34.4 Å². The van der Waals surface area contributed by atoms with Gasteiger partial charge in [0.15, 0.2) is 0 Å². The van der Waals surface area contributed by atoms with Crippen LogP contribution in [0.15, 0.2) is 66.9 Å². The Morgan fingerprint density at radius 3 is 2.85 bits per heavy atom. The zero-order valence-corrected chi connectivity index (χ0v) is 20.4. The molecule has 3 aromatic rings. The highest BCUT2D eigenvalue weighted by molar-refractivity contribution is 7.99. The third kappa shape index (κ3) is 3.91. The quantitative estimate of drug-likeness (QED) is 0.464. The molecular weight excluding hydrogens is 440 g/mol. The second-order valence-corrected chi connectivity index (χ2v) is 10.7. The number of thioether (sulfide) groups is 1. The van der Waals surface area contributed by atoms with Crippen molar-refractivity contribution < 1.29 is 9.47 Å². The minimum absolute atomic E-state index is 0.338. The molecule has 1 spiro atoms. The third-order valence-corrected chi connectivity index (χ3v) is 9.13. The summed E-state index contributed by atoms with van der Waals surface area (Å²) in [4.78, 5) is 7.23. The lowest BCUT2D eigenvalue weighted by atomic mass is 9.86. The van der Waals surface area contributed by atoms with E-state index >= 15 is 0 Å². The Kier molecular flexibility index (Phi) is 5.84. The van der Waals surface area contributed by atoms with Gasteiger partial charge in [-0.05, 0) is 73.3 Å². The SMILES string of the molecule is COc1ccc2c(c1)/C(=C/CCN1CCC3(CC1)SCc1ccccc13)c1cccnc1CO2. The van der Waals surface area contributed by atoms with Gasteiger partial charge >= 0.3 is 0 Å². The second-order valence-electron chi connectivity index (χ2n) is 9.34. The highest BCUT2D eigenvalue weighted by Crippen LogP contribution is 2.53. The van der Waals surface area contributed by atoms with Gasteiger partial charge in [0.1, 0.15) is 18.1 Å². The molecule has 1 aromatic heterocycles. The number of ether oxygens (including phenoxy) is 2. The number of hydrogen-bond donors (Lipinski definition) is 0. The van der Waals surface area contributed by atoms with Crippen molar-refractivity contribution in [1.82, 2.24) is 9.88 Å². The summed E-state index contributed by atoms with van der Waals surface area (Å²) in [6.07, 6.45) is 7.70. The molecule has 0 radical (unpaired) electrons. The molecule has 6 rings (SSSR count). The fraction of sp³-hybridized carbons (Fsp3) is 0.345. The van der Waals surface area contributed by atoms with E-state index in [-0.39, 0.29) is 0 Å². The zero-order valence-electron chi connectivity index (χ0n) is 19.6.